The average molecular weight is 304 g/mol. The highest BCUT2D eigenvalue weighted by molar-refractivity contribution is 7.80. The Morgan fingerprint density at radius 1 is 1.38 bits per heavy atom. The van der Waals surface area contributed by atoms with Gasteiger partial charge in [-0.25, -0.2) is 0 Å². The zero-order chi connectivity index (χ0) is 15.2. The summed E-state index contributed by atoms with van der Waals surface area (Å²) in [6.45, 7) is 4.25. The van der Waals surface area contributed by atoms with Gasteiger partial charge in [-0.3, -0.25) is 4.79 Å². The first-order valence-electron chi connectivity index (χ1n) is 7.42. The Labute approximate surface area is 130 Å². The normalized spacial score (nSPS) is 27.2. The van der Waals surface area contributed by atoms with Crippen LogP contribution in [-0.2, 0) is 15.1 Å². The van der Waals surface area contributed by atoms with Crippen molar-refractivity contribution in [1.29, 1.82) is 0 Å². The molecule has 112 valence electrons. The highest BCUT2D eigenvalue weighted by Crippen LogP contribution is 2.47. The minimum atomic E-state index is -0.862. The SMILES string of the molecule is CCC(CC)[C@@H]1OC(=S)N[C@@]12C(=O)N(C)c1ccccc12. The molecule has 2 aliphatic heterocycles. The van der Waals surface area contributed by atoms with E-state index >= 15 is 0 Å². The second-order valence-electron chi connectivity index (χ2n) is 5.72. The molecule has 0 bridgehead atoms. The number of carbonyl (C=O) groups excluding carboxylic acids is 1. The number of amides is 1. The monoisotopic (exact) mass is 304 g/mol. The third-order valence-corrected chi connectivity index (χ3v) is 4.97. The summed E-state index contributed by atoms with van der Waals surface area (Å²) in [5.74, 6) is 0.293. The highest BCUT2D eigenvalue weighted by atomic mass is 32.1. The molecule has 1 spiro atoms. The number of hydrogen-bond acceptors (Lipinski definition) is 3. The first kappa shape index (κ1) is 14.3. The number of nitrogens with zero attached hydrogens (tertiary/aromatic N) is 1. The van der Waals surface area contributed by atoms with Gasteiger partial charge in [-0.2, -0.15) is 0 Å². The van der Waals surface area contributed by atoms with Crippen molar-refractivity contribution in [2.24, 2.45) is 5.92 Å². The average Bonchev–Trinajstić information content (AvgIpc) is 2.94. The smallest absolute Gasteiger partial charge is 0.261 e. The Morgan fingerprint density at radius 3 is 2.71 bits per heavy atom. The van der Waals surface area contributed by atoms with Gasteiger partial charge in [-0.05, 0) is 37.0 Å². The van der Waals surface area contributed by atoms with Crippen LogP contribution in [0.4, 0.5) is 5.69 Å². The van der Waals surface area contributed by atoms with Crippen molar-refractivity contribution in [3.05, 3.63) is 29.8 Å². The van der Waals surface area contributed by atoms with Gasteiger partial charge in [0.05, 0.1) is 0 Å². The van der Waals surface area contributed by atoms with Crippen molar-refractivity contribution < 1.29 is 9.53 Å². The summed E-state index contributed by atoms with van der Waals surface area (Å²) >= 11 is 5.24. The first-order chi connectivity index (χ1) is 10.1. The summed E-state index contributed by atoms with van der Waals surface area (Å²) in [5, 5.41) is 3.51. The molecule has 5 heteroatoms. The summed E-state index contributed by atoms with van der Waals surface area (Å²) < 4.78 is 5.89. The molecule has 1 fully saturated rings. The van der Waals surface area contributed by atoms with Crippen LogP contribution >= 0.6 is 12.2 Å². The third kappa shape index (κ3) is 1.80. The van der Waals surface area contributed by atoms with Crippen LogP contribution in [0.15, 0.2) is 24.3 Å². The maximum atomic E-state index is 13.0. The van der Waals surface area contributed by atoms with E-state index in [2.05, 4.69) is 19.2 Å². The lowest BCUT2D eigenvalue weighted by atomic mass is 9.78. The highest BCUT2D eigenvalue weighted by Gasteiger charge is 2.61. The molecule has 2 atom stereocenters. The number of nitrogens with one attached hydrogen (secondary N) is 1. The molecule has 0 aliphatic carbocycles. The quantitative estimate of drug-likeness (QED) is 0.872. The molecule has 0 unspecified atom stereocenters. The Kier molecular flexibility index (Phi) is 3.40. The summed E-state index contributed by atoms with van der Waals surface area (Å²) in [6.07, 6.45) is 1.65. The second-order valence-corrected chi connectivity index (χ2v) is 6.09. The Morgan fingerprint density at radius 2 is 2.05 bits per heavy atom. The van der Waals surface area contributed by atoms with Crippen molar-refractivity contribution in [2.75, 3.05) is 11.9 Å². The molecular formula is C16H20N2O2S. The van der Waals surface area contributed by atoms with Gasteiger partial charge < -0.3 is 15.0 Å². The topological polar surface area (TPSA) is 41.6 Å². The Balaban J connectivity index is 2.18. The number of carbonyl (C=O) groups is 1. The number of likely N-dealkylation sites (N-methyl/N-ethyl adjacent to an activating group) is 1. The maximum absolute atomic E-state index is 13.0. The van der Waals surface area contributed by atoms with Gasteiger partial charge >= 0.3 is 0 Å². The fourth-order valence-electron chi connectivity index (χ4n) is 3.62. The summed E-state index contributed by atoms with van der Waals surface area (Å²) in [7, 11) is 1.81. The molecule has 3 rings (SSSR count). The van der Waals surface area contributed by atoms with Crippen molar-refractivity contribution in [3.63, 3.8) is 0 Å². The molecule has 0 aromatic heterocycles. The van der Waals surface area contributed by atoms with Crippen LogP contribution in [0.25, 0.3) is 0 Å². The predicted molar refractivity (Wildman–Crippen MR) is 86.2 cm³/mol. The van der Waals surface area contributed by atoms with Crippen LogP contribution in [0.2, 0.25) is 0 Å². The fourth-order valence-corrected chi connectivity index (χ4v) is 3.88. The number of fused-ring (bicyclic) bond motifs is 2. The van der Waals surface area contributed by atoms with Crippen LogP contribution < -0.4 is 10.2 Å². The van der Waals surface area contributed by atoms with Crippen molar-refractivity contribution in [2.45, 2.75) is 38.3 Å². The molecule has 21 heavy (non-hydrogen) atoms. The number of rotatable bonds is 3. The molecule has 1 aromatic rings. The molecule has 1 amide bonds. The minimum Gasteiger partial charge on any atom is -0.464 e. The van der Waals surface area contributed by atoms with Crippen molar-refractivity contribution >= 4 is 29.0 Å². The number of ether oxygens (including phenoxy) is 1. The number of para-hydroxylation sites is 1. The second kappa shape index (κ2) is 4.98. The van der Waals surface area contributed by atoms with Crippen LogP contribution in [0.1, 0.15) is 32.3 Å². The lowest BCUT2D eigenvalue weighted by Gasteiger charge is -2.32. The third-order valence-electron chi connectivity index (χ3n) is 4.77. The van der Waals surface area contributed by atoms with E-state index in [0.717, 1.165) is 24.1 Å². The van der Waals surface area contributed by atoms with Gasteiger partial charge in [0.15, 0.2) is 5.54 Å². The Bertz CT molecular complexity index is 600. The van der Waals surface area contributed by atoms with Gasteiger partial charge in [0, 0.05) is 18.3 Å². The van der Waals surface area contributed by atoms with Gasteiger partial charge in [0.1, 0.15) is 6.10 Å². The Hall–Kier alpha value is -1.62. The standard InChI is InChI=1S/C16H20N2O2S/c1-4-10(5-2)13-16(17-15(21)20-13)11-8-6-7-9-12(11)18(3)14(16)19/h6-10,13H,4-5H2,1-3H3,(H,17,21)/t13-,16+/m0/s1. The first-order valence-corrected chi connectivity index (χ1v) is 7.83. The minimum absolute atomic E-state index is 0.0143. The van der Waals surface area contributed by atoms with Gasteiger partial charge in [0.25, 0.3) is 11.1 Å². The van der Waals surface area contributed by atoms with Gasteiger partial charge in [0.2, 0.25) is 0 Å². The molecule has 2 heterocycles. The summed E-state index contributed by atoms with van der Waals surface area (Å²) in [6, 6.07) is 7.87. The van der Waals surface area contributed by atoms with Gasteiger partial charge in [-0.1, -0.05) is 32.0 Å². The van der Waals surface area contributed by atoms with Crippen LogP contribution in [0.3, 0.4) is 0 Å². The molecule has 1 saturated heterocycles. The predicted octanol–water partition coefficient (Wildman–Crippen LogP) is 2.57. The molecule has 2 aliphatic rings. The fraction of sp³-hybridized carbons (Fsp3) is 0.500. The van der Waals surface area contributed by atoms with Gasteiger partial charge in [-0.15, -0.1) is 0 Å². The van der Waals surface area contributed by atoms with Crippen molar-refractivity contribution in [1.82, 2.24) is 5.32 Å². The largest absolute Gasteiger partial charge is 0.464 e. The molecular weight excluding hydrogens is 284 g/mol. The van der Waals surface area contributed by atoms with E-state index < -0.39 is 5.54 Å². The molecule has 1 N–H and O–H groups in total. The van der Waals surface area contributed by atoms with Crippen LogP contribution in [0, 0.1) is 5.92 Å². The van der Waals surface area contributed by atoms with Crippen LogP contribution in [-0.4, -0.2) is 24.2 Å². The number of benzene rings is 1. The van der Waals surface area contributed by atoms with E-state index in [-0.39, 0.29) is 17.9 Å². The summed E-state index contributed by atoms with van der Waals surface area (Å²) in [5.41, 5.74) is 1.03. The van der Waals surface area contributed by atoms with E-state index in [1.54, 1.807) is 4.90 Å². The van der Waals surface area contributed by atoms with E-state index in [1.807, 2.05) is 31.3 Å². The zero-order valence-electron chi connectivity index (χ0n) is 12.6. The maximum Gasteiger partial charge on any atom is 0.261 e. The number of anilines is 1. The molecule has 0 radical (unpaired) electrons. The van der Waals surface area contributed by atoms with E-state index in [0.29, 0.717) is 5.17 Å². The lowest BCUT2D eigenvalue weighted by molar-refractivity contribution is -0.126. The molecule has 1 aromatic carbocycles. The van der Waals surface area contributed by atoms with Crippen LogP contribution in [0.5, 0.6) is 0 Å². The number of hydrogen-bond donors (Lipinski definition) is 1. The van der Waals surface area contributed by atoms with Crippen molar-refractivity contribution in [3.8, 4) is 0 Å². The number of thiocarbonyl (C=S) groups is 1. The van der Waals surface area contributed by atoms with E-state index in [4.69, 9.17) is 17.0 Å². The molecule has 4 nitrogen and oxygen atoms in total. The lowest BCUT2D eigenvalue weighted by Crippen LogP contribution is -2.54. The summed E-state index contributed by atoms with van der Waals surface area (Å²) in [4.78, 5) is 14.7. The zero-order valence-corrected chi connectivity index (χ0v) is 13.4. The molecule has 0 saturated carbocycles. The van der Waals surface area contributed by atoms with E-state index in [1.165, 1.54) is 0 Å². The van der Waals surface area contributed by atoms with E-state index in [9.17, 15) is 4.79 Å².